The first-order chi connectivity index (χ1) is 15.5. The number of aliphatic carboxylic acids is 2. The summed E-state index contributed by atoms with van der Waals surface area (Å²) in [5, 5.41) is 19.2. The highest BCUT2D eigenvalue weighted by molar-refractivity contribution is 5.75. The van der Waals surface area contributed by atoms with Crippen LogP contribution >= 0.6 is 0 Å². The molecule has 0 saturated carbocycles. The van der Waals surface area contributed by atoms with Crippen molar-refractivity contribution in [3.63, 3.8) is 0 Å². The summed E-state index contributed by atoms with van der Waals surface area (Å²) in [5.41, 5.74) is 0.188. The Hall–Kier alpha value is -3.80. The number of alkyl halides is 3. The Morgan fingerprint density at radius 2 is 1.82 bits per heavy atom. The van der Waals surface area contributed by atoms with Gasteiger partial charge in [-0.1, -0.05) is 5.92 Å². The minimum atomic E-state index is -5.08. The quantitative estimate of drug-likeness (QED) is 0.491. The molecule has 33 heavy (non-hydrogen) atoms. The summed E-state index contributed by atoms with van der Waals surface area (Å²) in [7, 11) is 1.49. The van der Waals surface area contributed by atoms with Crippen LogP contribution in [0.2, 0.25) is 0 Å². The maximum atomic E-state index is 12.8. The smallest absolute Gasteiger partial charge is 0.479 e. The summed E-state index contributed by atoms with van der Waals surface area (Å²) < 4.78 is 39.8. The van der Waals surface area contributed by atoms with E-state index in [2.05, 4.69) is 32.0 Å². The van der Waals surface area contributed by atoms with Crippen LogP contribution in [0.5, 0.6) is 6.01 Å². The highest BCUT2D eigenvalue weighted by atomic mass is 19.4. The van der Waals surface area contributed by atoms with Crippen LogP contribution in [0.25, 0.3) is 11.2 Å². The lowest BCUT2D eigenvalue weighted by Crippen LogP contribution is -2.44. The molecule has 1 fully saturated rings. The zero-order valence-corrected chi connectivity index (χ0v) is 17.6. The third kappa shape index (κ3) is 6.35. The number of carboxylic acid groups (broad SMARTS) is 2. The molecule has 3 heterocycles. The summed E-state index contributed by atoms with van der Waals surface area (Å²) in [4.78, 5) is 43.3. The number of ether oxygens (including phenoxy) is 1. The monoisotopic (exact) mass is 474 g/mol. The Bertz CT molecular complexity index is 1140. The predicted molar refractivity (Wildman–Crippen MR) is 108 cm³/mol. The van der Waals surface area contributed by atoms with E-state index in [1.54, 1.807) is 11.5 Å². The van der Waals surface area contributed by atoms with Gasteiger partial charge in [-0.2, -0.15) is 23.1 Å². The molecule has 1 saturated heterocycles. The zero-order chi connectivity index (χ0) is 24.8. The van der Waals surface area contributed by atoms with Gasteiger partial charge in [-0.3, -0.25) is 13.9 Å². The third-order valence-electron chi connectivity index (χ3n) is 4.31. The second-order valence-electron chi connectivity index (χ2n) is 6.58. The largest absolute Gasteiger partial charge is 0.490 e. The lowest BCUT2D eigenvalue weighted by molar-refractivity contribution is -0.192. The molecule has 15 heteroatoms. The molecule has 0 aliphatic carbocycles. The van der Waals surface area contributed by atoms with E-state index in [-0.39, 0.29) is 17.2 Å². The van der Waals surface area contributed by atoms with Crippen LogP contribution in [0.15, 0.2) is 4.79 Å². The maximum Gasteiger partial charge on any atom is 0.490 e. The van der Waals surface area contributed by atoms with Gasteiger partial charge in [0.05, 0.1) is 6.54 Å². The third-order valence-corrected chi connectivity index (χ3v) is 4.31. The van der Waals surface area contributed by atoms with Crippen LogP contribution in [0.1, 0.15) is 6.92 Å². The number of anilines is 1. The first kappa shape index (κ1) is 25.5. The van der Waals surface area contributed by atoms with Gasteiger partial charge in [0.1, 0.15) is 0 Å². The van der Waals surface area contributed by atoms with E-state index in [1.807, 2.05) is 0 Å². The van der Waals surface area contributed by atoms with Crippen LogP contribution in [0.4, 0.5) is 19.1 Å². The molecule has 0 radical (unpaired) electrons. The molecular formula is C18H21F3N6O6. The van der Waals surface area contributed by atoms with Gasteiger partial charge in [-0.25, -0.2) is 9.59 Å². The maximum absolute atomic E-state index is 12.8. The Kier molecular flexibility index (Phi) is 8.24. The Morgan fingerprint density at radius 1 is 1.21 bits per heavy atom. The summed E-state index contributed by atoms with van der Waals surface area (Å²) in [6.45, 7) is 4.62. The number of fused-ring (bicyclic) bond motifs is 1. The van der Waals surface area contributed by atoms with E-state index in [4.69, 9.17) is 19.7 Å². The number of carboxylic acids is 2. The summed E-state index contributed by atoms with van der Waals surface area (Å²) in [6.07, 6.45) is -5.08. The standard InChI is InChI=1S/C16H20N6O4.C2HF3O2/c1-3-4-7-22-12-13(18-15(22)21-8-5-17-6-9-21)19-16(20(2)14(12)25)26-10-11(23)24;3-2(4,5)1(6)7/h17H,5-10H2,1-2H3,(H,23,24);(H,6,7). The molecule has 0 aromatic carbocycles. The average Bonchev–Trinajstić information content (AvgIpc) is 3.12. The van der Waals surface area contributed by atoms with Crippen LogP contribution in [-0.4, -0.2) is 80.2 Å². The number of halogens is 3. The first-order valence-corrected chi connectivity index (χ1v) is 9.44. The van der Waals surface area contributed by atoms with Crippen LogP contribution in [0, 0.1) is 11.8 Å². The second kappa shape index (κ2) is 10.7. The highest BCUT2D eigenvalue weighted by Crippen LogP contribution is 2.21. The van der Waals surface area contributed by atoms with Crippen molar-refractivity contribution in [2.24, 2.45) is 7.05 Å². The first-order valence-electron chi connectivity index (χ1n) is 9.44. The van der Waals surface area contributed by atoms with Gasteiger partial charge in [0, 0.05) is 33.2 Å². The number of hydrogen-bond acceptors (Lipinski definition) is 8. The van der Waals surface area contributed by atoms with Gasteiger partial charge in [-0.05, 0) is 6.92 Å². The molecule has 12 nitrogen and oxygen atoms in total. The molecule has 3 rings (SSSR count). The second-order valence-corrected chi connectivity index (χ2v) is 6.58. The van der Waals surface area contributed by atoms with Crippen molar-refractivity contribution in [3.05, 3.63) is 10.4 Å². The van der Waals surface area contributed by atoms with Gasteiger partial charge in [-0.15, -0.1) is 5.92 Å². The summed E-state index contributed by atoms with van der Waals surface area (Å²) >= 11 is 0. The molecule has 0 atom stereocenters. The van der Waals surface area contributed by atoms with E-state index in [0.29, 0.717) is 18.0 Å². The molecule has 1 aliphatic rings. The summed E-state index contributed by atoms with van der Waals surface area (Å²) in [6, 6.07) is -0.0806. The van der Waals surface area contributed by atoms with Crippen LogP contribution in [-0.2, 0) is 23.2 Å². The van der Waals surface area contributed by atoms with Gasteiger partial charge >= 0.3 is 24.1 Å². The molecule has 0 spiro atoms. The predicted octanol–water partition coefficient (Wildman–Crippen LogP) is -0.340. The lowest BCUT2D eigenvalue weighted by atomic mass is 10.4. The van der Waals surface area contributed by atoms with Crippen molar-refractivity contribution < 1.29 is 37.7 Å². The number of rotatable bonds is 5. The molecule has 2 aromatic heterocycles. The fourth-order valence-electron chi connectivity index (χ4n) is 2.80. The van der Waals surface area contributed by atoms with Crippen molar-refractivity contribution in [3.8, 4) is 17.9 Å². The summed E-state index contributed by atoms with van der Waals surface area (Å²) in [5.74, 6) is 2.52. The van der Waals surface area contributed by atoms with Crippen molar-refractivity contribution in [2.45, 2.75) is 19.6 Å². The molecule has 180 valence electrons. The number of piperazine rings is 1. The fourth-order valence-corrected chi connectivity index (χ4v) is 2.80. The minimum absolute atomic E-state index is 0.0806. The average molecular weight is 474 g/mol. The van der Waals surface area contributed by atoms with E-state index < -0.39 is 24.7 Å². The number of imidazole rings is 1. The fraction of sp³-hybridized carbons (Fsp3) is 0.500. The van der Waals surface area contributed by atoms with Crippen molar-refractivity contribution in [1.82, 2.24) is 24.4 Å². The zero-order valence-electron chi connectivity index (χ0n) is 17.6. The van der Waals surface area contributed by atoms with Crippen molar-refractivity contribution >= 4 is 29.1 Å². The molecule has 0 bridgehead atoms. The van der Waals surface area contributed by atoms with Gasteiger partial charge in [0.25, 0.3) is 5.56 Å². The van der Waals surface area contributed by atoms with Gasteiger partial charge in [0.15, 0.2) is 17.8 Å². The molecular weight excluding hydrogens is 453 g/mol. The molecule has 0 amide bonds. The molecule has 2 aromatic rings. The normalized spacial score (nSPS) is 13.5. The van der Waals surface area contributed by atoms with Gasteiger partial charge < -0.3 is 25.2 Å². The highest BCUT2D eigenvalue weighted by Gasteiger charge is 2.38. The van der Waals surface area contributed by atoms with Crippen molar-refractivity contribution in [1.29, 1.82) is 0 Å². The molecule has 1 aliphatic heterocycles. The molecule has 0 unspecified atom stereocenters. The van der Waals surface area contributed by atoms with E-state index >= 15 is 0 Å². The Balaban J connectivity index is 0.000000479. The Labute approximate surface area is 184 Å². The number of nitrogens with one attached hydrogen (secondary N) is 1. The van der Waals surface area contributed by atoms with E-state index in [1.165, 1.54) is 11.6 Å². The number of nitrogens with zero attached hydrogens (tertiary/aromatic N) is 5. The lowest BCUT2D eigenvalue weighted by Gasteiger charge is -2.28. The van der Waals surface area contributed by atoms with Crippen LogP contribution < -0.4 is 20.5 Å². The SMILES string of the molecule is CC#CCn1c(N2CCNCC2)nc2nc(OCC(=O)O)n(C)c(=O)c21.O=C(O)C(F)(F)F. The van der Waals surface area contributed by atoms with Gasteiger partial charge in [0.2, 0.25) is 5.95 Å². The number of aromatic nitrogens is 4. The van der Waals surface area contributed by atoms with Crippen molar-refractivity contribution in [2.75, 3.05) is 37.7 Å². The van der Waals surface area contributed by atoms with E-state index in [0.717, 1.165) is 26.2 Å². The number of hydrogen-bond donors (Lipinski definition) is 3. The van der Waals surface area contributed by atoms with E-state index in [9.17, 15) is 22.8 Å². The topological polar surface area (TPSA) is 152 Å². The van der Waals surface area contributed by atoms with Crippen LogP contribution in [0.3, 0.4) is 0 Å². The number of carbonyl (C=O) groups is 2. The minimum Gasteiger partial charge on any atom is -0.479 e. The Morgan fingerprint density at radius 3 is 2.33 bits per heavy atom. The molecule has 3 N–H and O–H groups in total.